The maximum absolute atomic E-state index is 13.4. The van der Waals surface area contributed by atoms with Gasteiger partial charge in [0.15, 0.2) is 0 Å². The molecular formula is C17H13FN2O2S2. The van der Waals surface area contributed by atoms with Crippen LogP contribution in [0.25, 0.3) is 10.2 Å². The van der Waals surface area contributed by atoms with Crippen LogP contribution in [0.5, 0.6) is 0 Å². The number of hydrogen-bond acceptors (Lipinski definition) is 3. The van der Waals surface area contributed by atoms with E-state index in [1.165, 1.54) is 24.3 Å². The highest BCUT2D eigenvalue weighted by atomic mass is 32.2. The van der Waals surface area contributed by atoms with Gasteiger partial charge in [-0.3, -0.25) is 0 Å². The second-order valence-corrected chi connectivity index (χ2v) is 7.78. The number of fused-ring (bicyclic) bond motifs is 1. The highest BCUT2D eigenvalue weighted by Crippen LogP contribution is 2.20. The fraction of sp³-hybridized carbons (Fsp3) is 0.118. The number of benzene rings is 2. The van der Waals surface area contributed by atoms with Crippen LogP contribution in [0.3, 0.4) is 0 Å². The number of thiazole rings is 1. The van der Waals surface area contributed by atoms with Gasteiger partial charge in [-0.15, -0.1) is 10.8 Å². The lowest BCUT2D eigenvalue weighted by Gasteiger charge is -2.01. The Bertz CT molecular complexity index is 1120. The Morgan fingerprint density at radius 3 is 2.62 bits per heavy atom. The number of rotatable bonds is 3. The van der Waals surface area contributed by atoms with Crippen LogP contribution < -0.4 is 4.80 Å². The first-order valence-electron chi connectivity index (χ1n) is 7.01. The summed E-state index contributed by atoms with van der Waals surface area (Å²) in [7, 11) is -3.88. The fourth-order valence-electron chi connectivity index (χ4n) is 2.23. The van der Waals surface area contributed by atoms with Gasteiger partial charge in [-0.25, -0.2) is 4.39 Å². The van der Waals surface area contributed by atoms with E-state index in [-0.39, 0.29) is 16.2 Å². The minimum absolute atomic E-state index is 0.101. The third-order valence-corrected chi connectivity index (χ3v) is 5.85. The van der Waals surface area contributed by atoms with E-state index in [1.54, 1.807) is 22.8 Å². The summed E-state index contributed by atoms with van der Waals surface area (Å²) in [5, 5.41) is 0. The van der Waals surface area contributed by atoms with Crippen LogP contribution in [0.1, 0.15) is 5.56 Å². The van der Waals surface area contributed by atoms with Gasteiger partial charge >= 0.3 is 0 Å². The fourth-order valence-corrected chi connectivity index (χ4v) is 4.48. The van der Waals surface area contributed by atoms with E-state index in [9.17, 15) is 12.8 Å². The van der Waals surface area contributed by atoms with Gasteiger partial charge in [-0.1, -0.05) is 35.0 Å². The van der Waals surface area contributed by atoms with E-state index < -0.39 is 15.8 Å². The summed E-state index contributed by atoms with van der Waals surface area (Å²) in [4.78, 5) is 0.318. The lowest BCUT2D eigenvalue weighted by molar-refractivity contribution is 0.596. The van der Waals surface area contributed by atoms with Crippen LogP contribution >= 0.6 is 11.3 Å². The van der Waals surface area contributed by atoms with Gasteiger partial charge in [0.25, 0.3) is 10.0 Å². The molecule has 2 aromatic carbocycles. The number of aryl methyl sites for hydroxylation is 1. The van der Waals surface area contributed by atoms with Gasteiger partial charge in [0, 0.05) is 0 Å². The van der Waals surface area contributed by atoms with E-state index in [1.807, 2.05) is 6.92 Å². The van der Waals surface area contributed by atoms with Crippen molar-refractivity contribution >= 4 is 31.6 Å². The Morgan fingerprint density at radius 1 is 1.25 bits per heavy atom. The number of halogens is 1. The maximum atomic E-state index is 13.4. The van der Waals surface area contributed by atoms with Crippen molar-refractivity contribution in [1.29, 1.82) is 0 Å². The summed E-state index contributed by atoms with van der Waals surface area (Å²) in [5.74, 6) is 2.07. The molecule has 0 fully saturated rings. The molecule has 0 saturated carbocycles. The summed E-state index contributed by atoms with van der Waals surface area (Å²) in [6.07, 6.45) is 5.37. The van der Waals surface area contributed by atoms with Crippen molar-refractivity contribution in [3.63, 3.8) is 0 Å². The van der Waals surface area contributed by atoms with Gasteiger partial charge in [0.1, 0.15) is 5.82 Å². The number of aromatic nitrogens is 1. The van der Waals surface area contributed by atoms with E-state index in [0.29, 0.717) is 10.2 Å². The summed E-state index contributed by atoms with van der Waals surface area (Å²) >= 11 is 1.08. The van der Waals surface area contributed by atoms with Gasteiger partial charge in [-0.05, 0) is 37.3 Å². The summed E-state index contributed by atoms with van der Waals surface area (Å²) in [6.45, 7) is 2.02. The number of hydrogen-bond donors (Lipinski definition) is 0. The lowest BCUT2D eigenvalue weighted by atomic mass is 10.2. The van der Waals surface area contributed by atoms with Crippen molar-refractivity contribution < 1.29 is 12.8 Å². The number of nitrogens with zero attached hydrogens (tertiary/aromatic N) is 2. The van der Waals surface area contributed by atoms with E-state index in [4.69, 9.17) is 6.42 Å². The van der Waals surface area contributed by atoms with Gasteiger partial charge in [0.2, 0.25) is 4.80 Å². The molecule has 0 aliphatic rings. The quantitative estimate of drug-likeness (QED) is 0.674. The molecular weight excluding hydrogens is 347 g/mol. The van der Waals surface area contributed by atoms with Crippen molar-refractivity contribution in [2.45, 2.75) is 18.4 Å². The predicted octanol–water partition coefficient (Wildman–Crippen LogP) is 3.07. The average Bonchev–Trinajstić information content (AvgIpc) is 2.84. The molecule has 0 saturated heterocycles. The minimum Gasteiger partial charge on any atom is -0.304 e. The Balaban J connectivity index is 2.24. The SMILES string of the molecule is C#CCn1/c(=N/S(=O)(=O)c2ccc(C)cc2)sc2cc(F)ccc21. The Morgan fingerprint density at radius 2 is 1.96 bits per heavy atom. The van der Waals surface area contributed by atoms with Crippen molar-refractivity contribution in [2.75, 3.05) is 0 Å². The maximum Gasteiger partial charge on any atom is 0.285 e. The van der Waals surface area contributed by atoms with Crippen LogP contribution in [-0.2, 0) is 16.6 Å². The van der Waals surface area contributed by atoms with Crippen molar-refractivity contribution in [1.82, 2.24) is 4.57 Å². The molecule has 4 nitrogen and oxygen atoms in total. The van der Waals surface area contributed by atoms with Crippen LogP contribution in [0.15, 0.2) is 51.8 Å². The molecule has 0 radical (unpaired) electrons. The van der Waals surface area contributed by atoms with Crippen LogP contribution in [0.4, 0.5) is 4.39 Å². The number of sulfonamides is 1. The topological polar surface area (TPSA) is 51.4 Å². The third-order valence-electron chi connectivity index (χ3n) is 3.41. The second-order valence-electron chi connectivity index (χ2n) is 5.17. The molecule has 0 aliphatic carbocycles. The molecule has 122 valence electrons. The molecule has 1 aromatic heterocycles. The molecule has 3 aromatic rings. The standard InChI is InChI=1S/C17H13FN2O2S2/c1-3-10-20-15-9-6-13(18)11-16(15)23-17(20)19-24(21,22)14-7-4-12(2)5-8-14/h1,4-9,11H,10H2,2H3/b19-17-. The molecule has 1 heterocycles. The molecule has 0 aliphatic heterocycles. The largest absolute Gasteiger partial charge is 0.304 e. The monoisotopic (exact) mass is 360 g/mol. The predicted molar refractivity (Wildman–Crippen MR) is 92.5 cm³/mol. The van der Waals surface area contributed by atoms with Gasteiger partial charge in [-0.2, -0.15) is 8.42 Å². The molecule has 3 rings (SSSR count). The molecule has 7 heteroatoms. The first kappa shape index (κ1) is 16.4. The van der Waals surface area contributed by atoms with E-state index in [2.05, 4.69) is 10.3 Å². The Hall–Kier alpha value is -2.43. The normalized spacial score (nSPS) is 12.5. The molecule has 0 atom stereocenters. The van der Waals surface area contributed by atoms with Crippen molar-refractivity contribution in [2.24, 2.45) is 4.40 Å². The third kappa shape index (κ3) is 3.11. The Kier molecular flexibility index (Phi) is 4.26. The van der Waals surface area contributed by atoms with E-state index >= 15 is 0 Å². The van der Waals surface area contributed by atoms with Crippen LogP contribution in [-0.4, -0.2) is 13.0 Å². The lowest BCUT2D eigenvalue weighted by Crippen LogP contribution is -2.16. The first-order chi connectivity index (χ1) is 11.4. The van der Waals surface area contributed by atoms with Crippen molar-refractivity contribution in [3.8, 4) is 12.3 Å². The zero-order valence-corrected chi connectivity index (χ0v) is 14.4. The van der Waals surface area contributed by atoms with Crippen molar-refractivity contribution in [3.05, 3.63) is 58.6 Å². The Labute approximate surface area is 143 Å². The summed E-state index contributed by atoms with van der Waals surface area (Å²) in [6, 6.07) is 10.6. The molecule has 24 heavy (non-hydrogen) atoms. The summed E-state index contributed by atoms with van der Waals surface area (Å²) in [5.41, 5.74) is 1.60. The highest BCUT2D eigenvalue weighted by molar-refractivity contribution is 7.90. The molecule has 0 amide bonds. The minimum atomic E-state index is -3.88. The molecule has 0 N–H and O–H groups in total. The second kappa shape index (κ2) is 6.23. The smallest absolute Gasteiger partial charge is 0.285 e. The zero-order valence-electron chi connectivity index (χ0n) is 12.7. The average molecular weight is 360 g/mol. The number of terminal acetylenes is 1. The summed E-state index contributed by atoms with van der Waals surface area (Å²) < 4.78 is 44.5. The molecule has 0 unspecified atom stereocenters. The molecule has 0 bridgehead atoms. The van der Waals surface area contributed by atoms with Gasteiger partial charge in [0.05, 0.1) is 21.7 Å². The van der Waals surface area contributed by atoms with Crippen LogP contribution in [0.2, 0.25) is 0 Å². The van der Waals surface area contributed by atoms with Crippen LogP contribution in [0, 0.1) is 25.1 Å². The van der Waals surface area contributed by atoms with Gasteiger partial charge < -0.3 is 4.57 Å². The zero-order chi connectivity index (χ0) is 17.3. The van der Waals surface area contributed by atoms with E-state index in [0.717, 1.165) is 16.9 Å². The first-order valence-corrected chi connectivity index (χ1v) is 9.26. The molecule has 0 spiro atoms. The highest BCUT2D eigenvalue weighted by Gasteiger charge is 2.14.